The Hall–Kier alpha value is -2.28. The number of ether oxygens (including phenoxy) is 2. The number of rotatable bonds is 4. The molecule has 2 aliphatic rings. The fourth-order valence-electron chi connectivity index (χ4n) is 2.81. The largest absolute Gasteiger partial charge is 0.497 e. The molecule has 0 aromatic heterocycles. The van der Waals surface area contributed by atoms with Crippen LogP contribution in [-0.4, -0.2) is 74.8 Å². The number of hydrogen-bond donors (Lipinski definition) is 0. The lowest BCUT2D eigenvalue weighted by Gasteiger charge is -2.28. The zero-order valence-corrected chi connectivity index (χ0v) is 13.2. The van der Waals surface area contributed by atoms with Crippen molar-refractivity contribution in [2.45, 2.75) is 0 Å². The van der Waals surface area contributed by atoms with E-state index in [1.807, 2.05) is 24.3 Å². The summed E-state index contributed by atoms with van der Waals surface area (Å²) in [5, 5.41) is 0. The number of methoxy groups -OCH3 is 1. The van der Waals surface area contributed by atoms with Gasteiger partial charge in [-0.15, -0.1) is 0 Å². The highest BCUT2D eigenvalue weighted by Gasteiger charge is 2.32. The Labute approximate surface area is 135 Å². The number of nitrogens with zero attached hydrogens (tertiary/aromatic N) is 3. The average molecular weight is 319 g/mol. The van der Waals surface area contributed by atoms with E-state index in [9.17, 15) is 9.59 Å². The first-order valence-corrected chi connectivity index (χ1v) is 7.75. The van der Waals surface area contributed by atoms with Crippen molar-refractivity contribution in [1.29, 1.82) is 0 Å². The second-order valence-electron chi connectivity index (χ2n) is 5.55. The SMILES string of the molecule is COc1ccc(N2CCN(CC(=O)N3CCOCC3)C2=O)cc1. The Bertz CT molecular complexity index is 569. The highest BCUT2D eigenvalue weighted by molar-refractivity contribution is 5.96. The fourth-order valence-corrected chi connectivity index (χ4v) is 2.81. The van der Waals surface area contributed by atoms with Gasteiger partial charge in [-0.25, -0.2) is 4.79 Å². The molecule has 0 unspecified atom stereocenters. The third-order valence-corrected chi connectivity index (χ3v) is 4.17. The molecule has 23 heavy (non-hydrogen) atoms. The summed E-state index contributed by atoms with van der Waals surface area (Å²) < 4.78 is 10.4. The van der Waals surface area contributed by atoms with E-state index >= 15 is 0 Å². The van der Waals surface area contributed by atoms with E-state index < -0.39 is 0 Å². The lowest BCUT2D eigenvalue weighted by Crippen LogP contribution is -2.46. The van der Waals surface area contributed by atoms with Crippen molar-refractivity contribution in [3.05, 3.63) is 24.3 Å². The number of urea groups is 1. The van der Waals surface area contributed by atoms with E-state index in [-0.39, 0.29) is 18.5 Å². The van der Waals surface area contributed by atoms with Crippen LogP contribution in [0.3, 0.4) is 0 Å². The lowest BCUT2D eigenvalue weighted by atomic mass is 10.3. The molecule has 3 amide bonds. The summed E-state index contributed by atoms with van der Waals surface area (Å²) in [5.41, 5.74) is 0.817. The molecule has 0 radical (unpaired) electrons. The van der Waals surface area contributed by atoms with Crippen molar-refractivity contribution in [3.8, 4) is 5.75 Å². The molecule has 1 aromatic rings. The van der Waals surface area contributed by atoms with Gasteiger partial charge >= 0.3 is 6.03 Å². The van der Waals surface area contributed by atoms with E-state index in [1.54, 1.807) is 21.8 Å². The smallest absolute Gasteiger partial charge is 0.325 e. The van der Waals surface area contributed by atoms with Gasteiger partial charge < -0.3 is 19.3 Å². The highest BCUT2D eigenvalue weighted by atomic mass is 16.5. The van der Waals surface area contributed by atoms with Crippen LogP contribution < -0.4 is 9.64 Å². The van der Waals surface area contributed by atoms with Crippen LogP contribution in [-0.2, 0) is 9.53 Å². The molecule has 0 spiro atoms. The van der Waals surface area contributed by atoms with E-state index in [2.05, 4.69) is 0 Å². The first kappa shape index (κ1) is 15.6. The monoisotopic (exact) mass is 319 g/mol. The van der Waals surface area contributed by atoms with Gasteiger partial charge in [0.25, 0.3) is 0 Å². The second-order valence-corrected chi connectivity index (χ2v) is 5.55. The molecule has 7 nitrogen and oxygen atoms in total. The van der Waals surface area contributed by atoms with Gasteiger partial charge in [0.05, 0.1) is 20.3 Å². The molecule has 2 saturated heterocycles. The van der Waals surface area contributed by atoms with E-state index in [4.69, 9.17) is 9.47 Å². The topological polar surface area (TPSA) is 62.3 Å². The van der Waals surface area contributed by atoms with E-state index in [0.29, 0.717) is 39.4 Å². The second kappa shape index (κ2) is 6.87. The number of carbonyl (C=O) groups excluding carboxylic acids is 2. The Kier molecular flexibility index (Phi) is 4.66. The van der Waals surface area contributed by atoms with Crippen LogP contribution in [0.4, 0.5) is 10.5 Å². The molecule has 7 heteroatoms. The minimum atomic E-state index is -0.128. The predicted octanol–water partition coefficient (Wildman–Crippen LogP) is 0.796. The summed E-state index contributed by atoms with van der Waals surface area (Å²) in [6, 6.07) is 7.22. The van der Waals surface area contributed by atoms with Gasteiger partial charge in [-0.3, -0.25) is 9.69 Å². The summed E-state index contributed by atoms with van der Waals surface area (Å²) in [6.45, 7) is 3.61. The number of carbonyl (C=O) groups is 2. The number of benzene rings is 1. The maximum atomic E-state index is 12.5. The zero-order valence-electron chi connectivity index (χ0n) is 13.2. The molecule has 0 aliphatic carbocycles. The van der Waals surface area contributed by atoms with Crippen molar-refractivity contribution in [2.75, 3.05) is 57.9 Å². The van der Waals surface area contributed by atoms with E-state index in [1.165, 1.54) is 0 Å². The zero-order chi connectivity index (χ0) is 16.2. The minimum Gasteiger partial charge on any atom is -0.497 e. The third-order valence-electron chi connectivity index (χ3n) is 4.17. The van der Waals surface area contributed by atoms with Gasteiger partial charge in [0.2, 0.25) is 5.91 Å². The van der Waals surface area contributed by atoms with Crippen LogP contribution in [0.1, 0.15) is 0 Å². The standard InChI is InChI=1S/C16H21N3O4/c1-22-14-4-2-13(3-5-14)19-7-6-18(16(19)21)12-15(20)17-8-10-23-11-9-17/h2-5H,6-12H2,1H3. The molecule has 1 aromatic carbocycles. The maximum absolute atomic E-state index is 12.5. The van der Waals surface area contributed by atoms with Crippen LogP contribution in [0.25, 0.3) is 0 Å². The van der Waals surface area contributed by atoms with E-state index in [0.717, 1.165) is 11.4 Å². The maximum Gasteiger partial charge on any atom is 0.325 e. The molecule has 2 fully saturated rings. The Balaban J connectivity index is 1.60. The van der Waals surface area contributed by atoms with Crippen molar-refractivity contribution in [1.82, 2.24) is 9.80 Å². The number of hydrogen-bond acceptors (Lipinski definition) is 4. The predicted molar refractivity (Wildman–Crippen MR) is 84.7 cm³/mol. The van der Waals surface area contributed by atoms with Gasteiger partial charge in [0, 0.05) is 31.9 Å². The molecule has 0 atom stereocenters. The van der Waals surface area contributed by atoms with Gasteiger partial charge in [-0.05, 0) is 24.3 Å². The van der Waals surface area contributed by atoms with Gasteiger partial charge in [-0.2, -0.15) is 0 Å². The molecule has 0 bridgehead atoms. The van der Waals surface area contributed by atoms with Crippen molar-refractivity contribution in [2.24, 2.45) is 0 Å². The highest BCUT2D eigenvalue weighted by Crippen LogP contribution is 2.23. The first-order chi connectivity index (χ1) is 11.2. The molecule has 0 saturated carbocycles. The van der Waals surface area contributed by atoms with Gasteiger partial charge in [0.15, 0.2) is 0 Å². The molecule has 3 rings (SSSR count). The van der Waals surface area contributed by atoms with Gasteiger partial charge in [-0.1, -0.05) is 0 Å². The number of morpholine rings is 1. The quantitative estimate of drug-likeness (QED) is 0.823. The molecular weight excluding hydrogens is 298 g/mol. The molecular formula is C16H21N3O4. The normalized spacial score (nSPS) is 18.5. The lowest BCUT2D eigenvalue weighted by molar-refractivity contribution is -0.135. The third kappa shape index (κ3) is 3.39. The summed E-state index contributed by atoms with van der Waals surface area (Å²) in [5.74, 6) is 0.734. The average Bonchev–Trinajstić information content (AvgIpc) is 2.96. The van der Waals surface area contributed by atoms with Crippen molar-refractivity contribution < 1.29 is 19.1 Å². The van der Waals surface area contributed by atoms with Crippen LogP contribution in [0, 0.1) is 0 Å². The van der Waals surface area contributed by atoms with Gasteiger partial charge in [0.1, 0.15) is 12.3 Å². The summed E-state index contributed by atoms with van der Waals surface area (Å²) in [7, 11) is 1.61. The number of anilines is 1. The van der Waals surface area contributed by atoms with Crippen LogP contribution >= 0.6 is 0 Å². The van der Waals surface area contributed by atoms with Crippen LogP contribution in [0.5, 0.6) is 5.75 Å². The van der Waals surface area contributed by atoms with Crippen LogP contribution in [0.2, 0.25) is 0 Å². The fraction of sp³-hybridized carbons (Fsp3) is 0.500. The summed E-state index contributed by atoms with van der Waals surface area (Å²) in [4.78, 5) is 29.8. The summed E-state index contributed by atoms with van der Waals surface area (Å²) >= 11 is 0. The molecule has 0 N–H and O–H groups in total. The number of amides is 3. The Morgan fingerprint density at radius 3 is 2.48 bits per heavy atom. The molecule has 124 valence electrons. The molecule has 2 aliphatic heterocycles. The Morgan fingerprint density at radius 1 is 1.13 bits per heavy atom. The molecule has 2 heterocycles. The van der Waals surface area contributed by atoms with Crippen molar-refractivity contribution >= 4 is 17.6 Å². The first-order valence-electron chi connectivity index (χ1n) is 7.75. The minimum absolute atomic E-state index is 0.0155. The Morgan fingerprint density at radius 2 is 1.83 bits per heavy atom. The van der Waals surface area contributed by atoms with Crippen molar-refractivity contribution in [3.63, 3.8) is 0 Å². The summed E-state index contributed by atoms with van der Waals surface area (Å²) in [6.07, 6.45) is 0. The van der Waals surface area contributed by atoms with Crippen LogP contribution in [0.15, 0.2) is 24.3 Å².